The minimum Gasteiger partial charge on any atom is -0.321 e. The number of halogens is 1. The minimum atomic E-state index is -0.536. The van der Waals surface area contributed by atoms with Crippen molar-refractivity contribution in [1.29, 1.82) is 0 Å². The molecule has 0 atom stereocenters. The Morgan fingerprint density at radius 2 is 2.24 bits per heavy atom. The highest BCUT2D eigenvalue weighted by atomic mass is 35.5. The van der Waals surface area contributed by atoms with Gasteiger partial charge in [0.15, 0.2) is 0 Å². The number of rotatable bonds is 2. The molecule has 0 fully saturated rings. The molecule has 1 N–H and O–H groups in total. The Balaban J connectivity index is 2.76. The number of nitro benzene ring substituents is 1. The molecule has 0 saturated carbocycles. The number of hydrogen-bond donors (Lipinski definition) is 1. The quantitative estimate of drug-likeness (QED) is 0.671. The van der Waals surface area contributed by atoms with Crippen LogP contribution in [0.1, 0.15) is 6.92 Å². The highest BCUT2D eigenvalue weighted by Crippen LogP contribution is 2.41. The van der Waals surface area contributed by atoms with Crippen LogP contribution in [0.4, 0.5) is 11.4 Å². The van der Waals surface area contributed by atoms with Crippen LogP contribution in [0, 0.1) is 10.1 Å². The van der Waals surface area contributed by atoms with Gasteiger partial charge in [0.25, 0.3) is 0 Å². The summed E-state index contributed by atoms with van der Waals surface area (Å²) in [5.74, 6) is -0.362. The first-order chi connectivity index (χ1) is 8.00. The van der Waals surface area contributed by atoms with Crippen LogP contribution in [-0.2, 0) is 4.79 Å². The number of benzene rings is 1. The number of nitrogens with one attached hydrogen (secondary N) is 1. The maximum Gasteiger partial charge on any atom is 0.302 e. The van der Waals surface area contributed by atoms with E-state index in [-0.39, 0.29) is 17.3 Å². The lowest BCUT2D eigenvalue weighted by molar-refractivity contribution is -0.382. The molecule has 2 rings (SSSR count). The molecule has 2 aromatic rings. The molecule has 1 amide bonds. The van der Waals surface area contributed by atoms with Crippen molar-refractivity contribution in [2.75, 3.05) is 5.32 Å². The van der Waals surface area contributed by atoms with Crippen LogP contribution in [0.25, 0.3) is 10.1 Å². The van der Waals surface area contributed by atoms with E-state index in [4.69, 9.17) is 11.6 Å². The van der Waals surface area contributed by atoms with E-state index < -0.39 is 4.92 Å². The number of carbonyl (C=O) groups is 1. The monoisotopic (exact) mass is 270 g/mol. The molecule has 0 spiro atoms. The predicted molar refractivity (Wildman–Crippen MR) is 67.8 cm³/mol. The summed E-state index contributed by atoms with van der Waals surface area (Å²) >= 11 is 7.25. The number of carbonyl (C=O) groups excluding carboxylic acids is 1. The third-order valence-corrected chi connectivity index (χ3v) is 3.54. The van der Waals surface area contributed by atoms with Crippen LogP contribution in [0.3, 0.4) is 0 Å². The maximum absolute atomic E-state index is 11.1. The van der Waals surface area contributed by atoms with Crippen molar-refractivity contribution >= 4 is 50.3 Å². The van der Waals surface area contributed by atoms with Gasteiger partial charge in [0.05, 0.1) is 15.3 Å². The third-order valence-electron chi connectivity index (χ3n) is 2.16. The average molecular weight is 271 g/mol. The highest BCUT2D eigenvalue weighted by Gasteiger charge is 2.22. The van der Waals surface area contributed by atoms with Crippen LogP contribution in [0.15, 0.2) is 17.5 Å². The number of anilines is 1. The lowest BCUT2D eigenvalue weighted by atomic mass is 10.2. The fourth-order valence-electron chi connectivity index (χ4n) is 1.56. The Labute approximate surface area is 105 Å². The predicted octanol–water partition coefficient (Wildman–Crippen LogP) is 3.42. The molecule has 1 aromatic carbocycles. The van der Waals surface area contributed by atoms with Gasteiger partial charge in [0.2, 0.25) is 5.91 Å². The SMILES string of the molecule is CC(=O)Nc1ccc2scc(Cl)c2c1[N+](=O)[O-]. The maximum atomic E-state index is 11.1. The zero-order valence-electron chi connectivity index (χ0n) is 8.69. The summed E-state index contributed by atoms with van der Waals surface area (Å²) in [5, 5.41) is 15.8. The number of fused-ring (bicyclic) bond motifs is 1. The Hall–Kier alpha value is -1.66. The fourth-order valence-corrected chi connectivity index (χ4v) is 2.76. The molecule has 0 aliphatic carbocycles. The molecule has 88 valence electrons. The first-order valence-electron chi connectivity index (χ1n) is 4.62. The first kappa shape index (κ1) is 11.8. The zero-order valence-corrected chi connectivity index (χ0v) is 10.3. The van der Waals surface area contributed by atoms with Gasteiger partial charge in [0, 0.05) is 17.0 Å². The van der Waals surface area contributed by atoms with Gasteiger partial charge >= 0.3 is 5.69 Å². The van der Waals surface area contributed by atoms with Crippen molar-refractivity contribution in [2.45, 2.75) is 6.92 Å². The Morgan fingerprint density at radius 3 is 2.82 bits per heavy atom. The van der Waals surface area contributed by atoms with E-state index in [0.717, 1.165) is 4.70 Å². The largest absolute Gasteiger partial charge is 0.321 e. The molecule has 0 unspecified atom stereocenters. The van der Waals surface area contributed by atoms with E-state index in [9.17, 15) is 14.9 Å². The molecule has 7 heteroatoms. The van der Waals surface area contributed by atoms with Crippen LogP contribution in [0.5, 0.6) is 0 Å². The zero-order chi connectivity index (χ0) is 12.6. The van der Waals surface area contributed by atoms with Gasteiger partial charge in [0.1, 0.15) is 5.69 Å². The van der Waals surface area contributed by atoms with Gasteiger partial charge in [-0.2, -0.15) is 0 Å². The average Bonchev–Trinajstić information content (AvgIpc) is 2.59. The van der Waals surface area contributed by atoms with Crippen LogP contribution >= 0.6 is 22.9 Å². The van der Waals surface area contributed by atoms with Gasteiger partial charge in [-0.25, -0.2) is 0 Å². The standard InChI is InChI=1S/C10H7ClN2O3S/c1-5(14)12-7-2-3-8-9(6(11)4-17-8)10(7)13(15)16/h2-4H,1H3,(H,12,14). The number of nitro groups is 1. The summed E-state index contributed by atoms with van der Waals surface area (Å²) in [5.41, 5.74) is -0.000694. The molecule has 0 aliphatic heterocycles. The second-order valence-electron chi connectivity index (χ2n) is 3.36. The van der Waals surface area contributed by atoms with E-state index in [0.29, 0.717) is 10.4 Å². The Morgan fingerprint density at radius 1 is 1.53 bits per heavy atom. The van der Waals surface area contributed by atoms with Crippen molar-refractivity contribution in [3.05, 3.63) is 32.6 Å². The van der Waals surface area contributed by atoms with Crippen LogP contribution in [0.2, 0.25) is 5.02 Å². The van der Waals surface area contributed by atoms with E-state index in [1.165, 1.54) is 24.3 Å². The van der Waals surface area contributed by atoms with Crippen molar-refractivity contribution in [3.63, 3.8) is 0 Å². The smallest absolute Gasteiger partial charge is 0.302 e. The first-order valence-corrected chi connectivity index (χ1v) is 5.88. The molecule has 0 radical (unpaired) electrons. The van der Waals surface area contributed by atoms with E-state index in [1.54, 1.807) is 11.4 Å². The summed E-state index contributed by atoms with van der Waals surface area (Å²) in [6.07, 6.45) is 0. The van der Waals surface area contributed by atoms with Gasteiger partial charge in [-0.1, -0.05) is 11.6 Å². The lowest BCUT2D eigenvalue weighted by Crippen LogP contribution is -2.08. The molecular formula is C10H7ClN2O3S. The summed E-state index contributed by atoms with van der Waals surface area (Å²) in [6, 6.07) is 3.21. The molecule has 5 nitrogen and oxygen atoms in total. The molecule has 0 saturated heterocycles. The molecule has 1 heterocycles. The summed E-state index contributed by atoms with van der Waals surface area (Å²) in [7, 11) is 0. The summed E-state index contributed by atoms with van der Waals surface area (Å²) in [4.78, 5) is 21.5. The van der Waals surface area contributed by atoms with E-state index in [2.05, 4.69) is 5.32 Å². The third kappa shape index (κ3) is 2.09. The van der Waals surface area contributed by atoms with Crippen molar-refractivity contribution < 1.29 is 9.72 Å². The Kier molecular flexibility index (Phi) is 2.99. The van der Waals surface area contributed by atoms with Gasteiger partial charge in [-0.05, 0) is 12.1 Å². The van der Waals surface area contributed by atoms with E-state index >= 15 is 0 Å². The second kappa shape index (κ2) is 4.31. The van der Waals surface area contributed by atoms with Gasteiger partial charge in [-0.15, -0.1) is 11.3 Å². The number of hydrogen-bond acceptors (Lipinski definition) is 4. The van der Waals surface area contributed by atoms with Crippen molar-refractivity contribution in [3.8, 4) is 0 Å². The minimum absolute atomic E-state index is 0.162. The van der Waals surface area contributed by atoms with Crippen molar-refractivity contribution in [1.82, 2.24) is 0 Å². The second-order valence-corrected chi connectivity index (χ2v) is 4.68. The summed E-state index contributed by atoms with van der Waals surface area (Å²) < 4.78 is 0.718. The lowest BCUT2D eigenvalue weighted by Gasteiger charge is -2.04. The van der Waals surface area contributed by atoms with Gasteiger partial charge in [-0.3, -0.25) is 14.9 Å². The van der Waals surface area contributed by atoms with E-state index in [1.807, 2.05) is 0 Å². The highest BCUT2D eigenvalue weighted by molar-refractivity contribution is 7.18. The van der Waals surface area contributed by atoms with Crippen LogP contribution < -0.4 is 5.32 Å². The number of thiophene rings is 1. The molecule has 0 aliphatic rings. The number of amides is 1. The fraction of sp³-hybridized carbons (Fsp3) is 0.100. The molecular weight excluding hydrogens is 264 g/mol. The molecule has 17 heavy (non-hydrogen) atoms. The summed E-state index contributed by atoms with van der Waals surface area (Å²) in [6.45, 7) is 1.29. The molecule has 0 bridgehead atoms. The normalized spacial score (nSPS) is 10.5. The Bertz CT molecular complexity index is 623. The van der Waals surface area contributed by atoms with Gasteiger partial charge < -0.3 is 5.32 Å². The van der Waals surface area contributed by atoms with Crippen molar-refractivity contribution in [2.24, 2.45) is 0 Å². The molecule has 1 aromatic heterocycles. The number of nitrogens with zero attached hydrogens (tertiary/aromatic N) is 1. The topological polar surface area (TPSA) is 72.2 Å². The van der Waals surface area contributed by atoms with Crippen LogP contribution in [-0.4, -0.2) is 10.8 Å².